The Morgan fingerprint density at radius 2 is 2.05 bits per heavy atom. The first kappa shape index (κ1) is 16.4. The first-order chi connectivity index (χ1) is 10.5. The minimum Gasteiger partial charge on any atom is -0.493 e. The summed E-state index contributed by atoms with van der Waals surface area (Å²) in [6, 6.07) is 5.70. The van der Waals surface area contributed by atoms with Crippen LogP contribution in [0.1, 0.15) is 25.2 Å². The van der Waals surface area contributed by atoms with Crippen LogP contribution in [-0.2, 0) is 0 Å². The summed E-state index contributed by atoms with van der Waals surface area (Å²) in [5.41, 5.74) is 0.914. The minimum absolute atomic E-state index is 0.0734. The molecule has 0 N–H and O–H groups in total. The van der Waals surface area contributed by atoms with Crippen molar-refractivity contribution in [2.45, 2.75) is 32.0 Å². The zero-order valence-corrected chi connectivity index (χ0v) is 14.2. The number of ether oxygens (including phenoxy) is 2. The van der Waals surface area contributed by atoms with Crippen molar-refractivity contribution in [2.24, 2.45) is 5.10 Å². The van der Waals surface area contributed by atoms with E-state index in [1.54, 1.807) is 18.0 Å². The van der Waals surface area contributed by atoms with Gasteiger partial charge in [0.25, 0.3) is 0 Å². The first-order valence-electron chi connectivity index (χ1n) is 6.90. The highest BCUT2D eigenvalue weighted by molar-refractivity contribution is 7.98. The molecule has 0 saturated heterocycles. The first-order valence-corrected chi connectivity index (χ1v) is 8.12. The monoisotopic (exact) mass is 320 g/mol. The molecule has 6 nitrogen and oxygen atoms in total. The third kappa shape index (κ3) is 3.79. The number of benzene rings is 1. The molecule has 7 heteroatoms. The molecule has 2 aromatic rings. The van der Waals surface area contributed by atoms with E-state index in [2.05, 4.69) is 15.3 Å². The van der Waals surface area contributed by atoms with Crippen molar-refractivity contribution in [3.8, 4) is 11.5 Å². The van der Waals surface area contributed by atoms with E-state index in [-0.39, 0.29) is 6.10 Å². The molecule has 0 unspecified atom stereocenters. The van der Waals surface area contributed by atoms with Gasteiger partial charge in [0.2, 0.25) is 5.16 Å². The highest BCUT2D eigenvalue weighted by Gasteiger charge is 2.08. The SMILES string of the molecule is COc1ccc(/C=N\n2c(C)nnc2SC)cc1OC(C)C. The van der Waals surface area contributed by atoms with E-state index in [0.717, 1.165) is 16.5 Å². The number of hydrogen-bond donors (Lipinski definition) is 0. The Kier molecular flexibility index (Phi) is 5.43. The van der Waals surface area contributed by atoms with Crippen LogP contribution < -0.4 is 9.47 Å². The van der Waals surface area contributed by atoms with Gasteiger partial charge in [-0.2, -0.15) is 9.78 Å². The normalized spacial score (nSPS) is 11.4. The molecule has 1 heterocycles. The van der Waals surface area contributed by atoms with Gasteiger partial charge in [0.1, 0.15) is 0 Å². The maximum atomic E-state index is 5.76. The van der Waals surface area contributed by atoms with Crippen molar-refractivity contribution < 1.29 is 9.47 Å². The number of hydrogen-bond acceptors (Lipinski definition) is 6. The molecular weight excluding hydrogens is 300 g/mol. The fraction of sp³-hybridized carbons (Fsp3) is 0.400. The van der Waals surface area contributed by atoms with Crippen LogP contribution in [0.25, 0.3) is 0 Å². The number of thioether (sulfide) groups is 1. The zero-order chi connectivity index (χ0) is 16.1. The summed E-state index contributed by atoms with van der Waals surface area (Å²) in [5.74, 6) is 2.15. The van der Waals surface area contributed by atoms with Gasteiger partial charge in [0, 0.05) is 0 Å². The second-order valence-corrected chi connectivity index (χ2v) is 5.64. The van der Waals surface area contributed by atoms with E-state index in [1.807, 2.05) is 45.2 Å². The Bertz CT molecular complexity index is 668. The average Bonchev–Trinajstić information content (AvgIpc) is 2.85. The second-order valence-electron chi connectivity index (χ2n) is 4.87. The summed E-state index contributed by atoms with van der Waals surface area (Å²) in [7, 11) is 1.63. The van der Waals surface area contributed by atoms with E-state index >= 15 is 0 Å². The summed E-state index contributed by atoms with van der Waals surface area (Å²) >= 11 is 1.50. The second kappa shape index (κ2) is 7.31. The van der Waals surface area contributed by atoms with Crippen molar-refractivity contribution in [2.75, 3.05) is 13.4 Å². The molecule has 0 bridgehead atoms. The van der Waals surface area contributed by atoms with Gasteiger partial charge in [-0.05, 0) is 50.8 Å². The van der Waals surface area contributed by atoms with Gasteiger partial charge >= 0.3 is 0 Å². The highest BCUT2D eigenvalue weighted by Crippen LogP contribution is 2.28. The number of methoxy groups -OCH3 is 1. The number of nitrogens with zero attached hydrogens (tertiary/aromatic N) is 4. The van der Waals surface area contributed by atoms with E-state index in [0.29, 0.717) is 11.5 Å². The molecule has 0 amide bonds. The molecule has 0 atom stereocenters. The van der Waals surface area contributed by atoms with Gasteiger partial charge in [-0.15, -0.1) is 10.2 Å². The lowest BCUT2D eigenvalue weighted by molar-refractivity contribution is 0.230. The molecule has 118 valence electrons. The minimum atomic E-state index is 0.0734. The molecule has 2 rings (SSSR count). The smallest absolute Gasteiger partial charge is 0.211 e. The van der Waals surface area contributed by atoms with Crippen LogP contribution in [0.5, 0.6) is 11.5 Å². The van der Waals surface area contributed by atoms with Crippen LogP contribution in [0.2, 0.25) is 0 Å². The quantitative estimate of drug-likeness (QED) is 0.605. The lowest BCUT2D eigenvalue weighted by atomic mass is 10.2. The average molecular weight is 320 g/mol. The van der Waals surface area contributed by atoms with Crippen LogP contribution in [0.15, 0.2) is 28.5 Å². The fourth-order valence-electron chi connectivity index (χ4n) is 1.84. The van der Waals surface area contributed by atoms with Crippen LogP contribution in [-0.4, -0.2) is 40.6 Å². The molecule has 1 aromatic carbocycles. The molecule has 1 aromatic heterocycles. The Morgan fingerprint density at radius 1 is 1.27 bits per heavy atom. The van der Waals surface area contributed by atoms with Crippen molar-refractivity contribution in [3.63, 3.8) is 0 Å². The molecule has 0 saturated carbocycles. The Labute approximate surface area is 134 Å². The maximum Gasteiger partial charge on any atom is 0.211 e. The Hall–Kier alpha value is -2.02. The summed E-state index contributed by atoms with van der Waals surface area (Å²) < 4.78 is 12.8. The van der Waals surface area contributed by atoms with Crippen LogP contribution in [0.3, 0.4) is 0 Å². The predicted molar refractivity (Wildman–Crippen MR) is 88.3 cm³/mol. The summed E-state index contributed by atoms with van der Waals surface area (Å²) in [6.45, 7) is 5.82. The third-order valence-corrected chi connectivity index (χ3v) is 3.44. The summed E-state index contributed by atoms with van der Waals surface area (Å²) in [6.07, 6.45) is 3.77. The van der Waals surface area contributed by atoms with E-state index < -0.39 is 0 Å². The van der Waals surface area contributed by atoms with Gasteiger partial charge in [-0.1, -0.05) is 11.8 Å². The van der Waals surface area contributed by atoms with Crippen molar-refractivity contribution in [3.05, 3.63) is 29.6 Å². The standard InChI is InChI=1S/C15H20N4O2S/c1-10(2)21-14-8-12(6-7-13(14)20-4)9-16-19-11(3)17-18-15(19)22-5/h6-10H,1-5H3/b16-9-. The van der Waals surface area contributed by atoms with Crippen LogP contribution in [0.4, 0.5) is 0 Å². The van der Waals surface area contributed by atoms with Crippen LogP contribution >= 0.6 is 11.8 Å². The van der Waals surface area contributed by atoms with Crippen molar-refractivity contribution in [1.82, 2.24) is 14.9 Å². The lowest BCUT2D eigenvalue weighted by Gasteiger charge is -2.13. The zero-order valence-electron chi connectivity index (χ0n) is 13.4. The fourth-order valence-corrected chi connectivity index (χ4v) is 2.32. The molecular formula is C15H20N4O2S. The van der Waals surface area contributed by atoms with Crippen molar-refractivity contribution in [1.29, 1.82) is 0 Å². The third-order valence-electron chi connectivity index (χ3n) is 2.82. The Balaban J connectivity index is 2.29. The highest BCUT2D eigenvalue weighted by atomic mass is 32.2. The largest absolute Gasteiger partial charge is 0.493 e. The summed E-state index contributed by atoms with van der Waals surface area (Å²) in [5, 5.41) is 13.2. The summed E-state index contributed by atoms with van der Waals surface area (Å²) in [4.78, 5) is 0. The van der Waals surface area contributed by atoms with Gasteiger partial charge in [0.15, 0.2) is 17.3 Å². The van der Waals surface area contributed by atoms with Gasteiger partial charge in [-0.3, -0.25) is 0 Å². The molecule has 0 aliphatic rings. The van der Waals surface area contributed by atoms with Gasteiger partial charge < -0.3 is 9.47 Å². The predicted octanol–water partition coefficient (Wildman–Crippen LogP) is 2.99. The number of aryl methyl sites for hydroxylation is 1. The maximum absolute atomic E-state index is 5.76. The molecule has 0 spiro atoms. The molecule has 22 heavy (non-hydrogen) atoms. The lowest BCUT2D eigenvalue weighted by Crippen LogP contribution is -2.07. The van der Waals surface area contributed by atoms with E-state index in [9.17, 15) is 0 Å². The molecule has 0 aliphatic heterocycles. The van der Waals surface area contributed by atoms with Crippen molar-refractivity contribution >= 4 is 18.0 Å². The Morgan fingerprint density at radius 3 is 2.68 bits per heavy atom. The molecule has 0 radical (unpaired) electrons. The van der Waals surface area contributed by atoms with E-state index in [4.69, 9.17) is 9.47 Å². The van der Waals surface area contributed by atoms with Gasteiger partial charge in [-0.25, -0.2) is 0 Å². The van der Waals surface area contributed by atoms with E-state index in [1.165, 1.54) is 11.8 Å². The number of rotatable bonds is 6. The molecule has 0 aliphatic carbocycles. The topological polar surface area (TPSA) is 61.5 Å². The number of aromatic nitrogens is 3. The van der Waals surface area contributed by atoms with Crippen LogP contribution in [0, 0.1) is 6.92 Å². The van der Waals surface area contributed by atoms with Gasteiger partial charge in [0.05, 0.1) is 19.4 Å². The molecule has 0 fully saturated rings.